The minimum Gasteiger partial charge on any atom is -0.487 e. The van der Waals surface area contributed by atoms with Crippen LogP contribution in [0.5, 0.6) is 5.75 Å². The van der Waals surface area contributed by atoms with Crippen molar-refractivity contribution in [2.45, 2.75) is 20.0 Å². The second-order valence-electron chi connectivity index (χ2n) is 8.64. The number of carbonyl (C=O) groups excluding carboxylic acids is 1. The lowest BCUT2D eigenvalue weighted by Crippen LogP contribution is -2.35. The number of amides is 1. The molecule has 0 radical (unpaired) electrons. The predicted molar refractivity (Wildman–Crippen MR) is 132 cm³/mol. The first-order valence-corrected chi connectivity index (χ1v) is 11.7. The summed E-state index contributed by atoms with van der Waals surface area (Å²) in [4.78, 5) is 26.2. The van der Waals surface area contributed by atoms with Gasteiger partial charge < -0.3 is 18.9 Å². The number of carbonyl (C=O) groups is 1. The molecule has 0 unspecified atom stereocenters. The molecule has 0 spiro atoms. The Kier molecular flexibility index (Phi) is 6.31. The number of nitriles is 1. The summed E-state index contributed by atoms with van der Waals surface area (Å²) < 4.78 is 7.95. The molecule has 0 N–H and O–H groups in total. The molecule has 1 saturated heterocycles. The smallest absolute Gasteiger partial charge is 0.254 e. The fourth-order valence-corrected chi connectivity index (χ4v) is 4.35. The van der Waals surface area contributed by atoms with E-state index in [9.17, 15) is 10.1 Å². The average Bonchev–Trinajstić information content (AvgIpc) is 3.13. The van der Waals surface area contributed by atoms with Crippen LogP contribution in [0.1, 0.15) is 33.6 Å². The zero-order chi connectivity index (χ0) is 24.2. The quantitative estimate of drug-likeness (QED) is 0.444. The first-order chi connectivity index (χ1) is 17.1. The van der Waals surface area contributed by atoms with Crippen LogP contribution in [-0.4, -0.2) is 51.4 Å². The molecule has 1 aliphatic rings. The Morgan fingerprint density at radius 2 is 2.00 bits per heavy atom. The van der Waals surface area contributed by atoms with Crippen molar-refractivity contribution in [2.75, 3.05) is 31.1 Å². The molecule has 5 rings (SSSR count). The van der Waals surface area contributed by atoms with E-state index in [1.807, 2.05) is 58.9 Å². The highest BCUT2D eigenvalue weighted by Gasteiger charge is 2.22. The van der Waals surface area contributed by atoms with Crippen LogP contribution in [-0.2, 0) is 6.61 Å². The number of hydrogen-bond acceptors (Lipinski definition) is 6. The largest absolute Gasteiger partial charge is 0.487 e. The van der Waals surface area contributed by atoms with Crippen molar-refractivity contribution in [2.24, 2.45) is 0 Å². The second kappa shape index (κ2) is 9.85. The van der Waals surface area contributed by atoms with Crippen LogP contribution in [0.25, 0.3) is 5.65 Å². The minimum absolute atomic E-state index is 0.0259. The van der Waals surface area contributed by atoms with Crippen molar-refractivity contribution >= 4 is 17.4 Å². The van der Waals surface area contributed by atoms with Crippen LogP contribution >= 0.6 is 0 Å². The maximum absolute atomic E-state index is 13.3. The van der Waals surface area contributed by atoms with Gasteiger partial charge in [0, 0.05) is 50.3 Å². The summed E-state index contributed by atoms with van der Waals surface area (Å²) in [7, 11) is 0. The Hall–Kier alpha value is -4.38. The number of fused-ring (bicyclic) bond motifs is 1. The molecule has 0 saturated carbocycles. The van der Waals surface area contributed by atoms with Gasteiger partial charge in [0.2, 0.25) is 0 Å². The van der Waals surface area contributed by atoms with Gasteiger partial charge in [-0.1, -0.05) is 12.1 Å². The number of benzene rings is 1. The maximum atomic E-state index is 13.3. The fraction of sp³-hybridized carbons (Fsp3) is 0.259. The standard InChI is InChI=1S/C27H26N6O2/c1-20-8-9-25-30-23(18-33(25)17-20)19-35-24-7-2-5-21(15-24)27(34)32-12-4-11-31(13-14-32)26-22(16-28)6-3-10-29-26/h2-3,5-10,15,17-18H,4,11-14,19H2,1H3. The third-order valence-corrected chi connectivity index (χ3v) is 6.11. The first kappa shape index (κ1) is 22.4. The molecule has 8 nitrogen and oxygen atoms in total. The number of aromatic nitrogens is 3. The lowest BCUT2D eigenvalue weighted by atomic mass is 10.2. The van der Waals surface area contributed by atoms with E-state index in [0.29, 0.717) is 48.9 Å². The van der Waals surface area contributed by atoms with Crippen LogP contribution in [0, 0.1) is 18.3 Å². The van der Waals surface area contributed by atoms with Crippen molar-refractivity contribution in [3.05, 3.63) is 89.5 Å². The SMILES string of the molecule is Cc1ccc2nc(COc3cccc(C(=O)N4CCCN(c5ncccc5C#N)CC4)c3)cn2c1. The van der Waals surface area contributed by atoms with Crippen LogP contribution in [0.4, 0.5) is 5.82 Å². The molecule has 4 aromatic rings. The predicted octanol–water partition coefficient (Wildman–Crippen LogP) is 3.84. The average molecular weight is 467 g/mol. The molecule has 0 aliphatic carbocycles. The molecule has 0 atom stereocenters. The molecular weight excluding hydrogens is 440 g/mol. The van der Waals surface area contributed by atoms with Gasteiger partial charge in [-0.3, -0.25) is 4.79 Å². The van der Waals surface area contributed by atoms with Crippen molar-refractivity contribution < 1.29 is 9.53 Å². The van der Waals surface area contributed by atoms with Crippen LogP contribution in [0.3, 0.4) is 0 Å². The maximum Gasteiger partial charge on any atom is 0.254 e. The van der Waals surface area contributed by atoms with Gasteiger partial charge in [0.15, 0.2) is 0 Å². The van der Waals surface area contributed by atoms with E-state index < -0.39 is 0 Å². The number of nitrogens with zero attached hydrogens (tertiary/aromatic N) is 6. The summed E-state index contributed by atoms with van der Waals surface area (Å²) >= 11 is 0. The highest BCUT2D eigenvalue weighted by atomic mass is 16.5. The van der Waals surface area contributed by atoms with E-state index >= 15 is 0 Å². The molecule has 176 valence electrons. The van der Waals surface area contributed by atoms with E-state index in [4.69, 9.17) is 4.74 Å². The number of imidazole rings is 1. The van der Waals surface area contributed by atoms with Gasteiger partial charge in [0.25, 0.3) is 5.91 Å². The molecule has 4 heterocycles. The van der Waals surface area contributed by atoms with Gasteiger partial charge in [-0.2, -0.15) is 5.26 Å². The molecule has 1 fully saturated rings. The number of pyridine rings is 2. The molecule has 1 amide bonds. The minimum atomic E-state index is -0.0259. The van der Waals surface area contributed by atoms with Crippen LogP contribution in [0.2, 0.25) is 0 Å². The summed E-state index contributed by atoms with van der Waals surface area (Å²) in [6, 6.07) is 17.1. The summed E-state index contributed by atoms with van der Waals surface area (Å²) in [6.07, 6.45) is 6.49. The summed E-state index contributed by atoms with van der Waals surface area (Å²) in [5.41, 5.74) is 4.01. The Bertz CT molecular complexity index is 1410. The zero-order valence-corrected chi connectivity index (χ0v) is 19.6. The summed E-state index contributed by atoms with van der Waals surface area (Å²) in [6.45, 7) is 4.95. The van der Waals surface area contributed by atoms with Crippen molar-refractivity contribution in [3.63, 3.8) is 0 Å². The van der Waals surface area contributed by atoms with Gasteiger partial charge >= 0.3 is 0 Å². The summed E-state index contributed by atoms with van der Waals surface area (Å²) in [5, 5.41) is 9.40. The number of ether oxygens (including phenoxy) is 1. The number of aryl methyl sites for hydroxylation is 1. The monoisotopic (exact) mass is 466 g/mol. The van der Waals surface area contributed by atoms with Gasteiger partial charge in [-0.15, -0.1) is 0 Å². The van der Waals surface area contributed by atoms with E-state index in [-0.39, 0.29) is 5.91 Å². The second-order valence-corrected chi connectivity index (χ2v) is 8.64. The van der Waals surface area contributed by atoms with Gasteiger partial charge in [-0.25, -0.2) is 9.97 Å². The summed E-state index contributed by atoms with van der Waals surface area (Å²) in [5.74, 6) is 1.29. The molecule has 1 aliphatic heterocycles. The third-order valence-electron chi connectivity index (χ3n) is 6.11. The lowest BCUT2D eigenvalue weighted by molar-refractivity contribution is 0.0766. The lowest BCUT2D eigenvalue weighted by Gasteiger charge is -2.23. The van der Waals surface area contributed by atoms with E-state index in [2.05, 4.69) is 20.9 Å². The van der Waals surface area contributed by atoms with Crippen molar-refractivity contribution in [3.8, 4) is 11.8 Å². The third kappa shape index (κ3) is 4.94. The molecule has 8 heteroatoms. The van der Waals surface area contributed by atoms with Crippen molar-refractivity contribution in [1.29, 1.82) is 5.26 Å². The highest BCUT2D eigenvalue weighted by molar-refractivity contribution is 5.94. The van der Waals surface area contributed by atoms with Crippen molar-refractivity contribution in [1.82, 2.24) is 19.3 Å². The molecule has 35 heavy (non-hydrogen) atoms. The highest BCUT2D eigenvalue weighted by Crippen LogP contribution is 2.21. The first-order valence-electron chi connectivity index (χ1n) is 11.7. The van der Waals surface area contributed by atoms with Crippen LogP contribution < -0.4 is 9.64 Å². The Balaban J connectivity index is 1.24. The van der Waals surface area contributed by atoms with Gasteiger partial charge in [0.1, 0.15) is 29.9 Å². The number of anilines is 1. The van der Waals surface area contributed by atoms with Gasteiger partial charge in [-0.05, 0) is 55.3 Å². The van der Waals surface area contributed by atoms with E-state index in [0.717, 1.165) is 29.9 Å². The number of rotatable bonds is 5. The molecular formula is C27H26N6O2. The fourth-order valence-electron chi connectivity index (χ4n) is 4.35. The van der Waals surface area contributed by atoms with E-state index in [1.165, 1.54) is 0 Å². The zero-order valence-electron chi connectivity index (χ0n) is 19.6. The van der Waals surface area contributed by atoms with Crippen LogP contribution in [0.15, 0.2) is 67.1 Å². The van der Waals surface area contributed by atoms with E-state index in [1.54, 1.807) is 24.4 Å². The Labute approximate surface area is 204 Å². The molecule has 1 aromatic carbocycles. The number of hydrogen-bond donors (Lipinski definition) is 0. The Morgan fingerprint density at radius 1 is 1.09 bits per heavy atom. The molecule has 0 bridgehead atoms. The molecule has 3 aromatic heterocycles. The van der Waals surface area contributed by atoms with Gasteiger partial charge in [0.05, 0.1) is 11.3 Å². The topological polar surface area (TPSA) is 86.8 Å². The normalized spacial score (nSPS) is 13.9. The Morgan fingerprint density at radius 3 is 2.89 bits per heavy atom.